The van der Waals surface area contributed by atoms with Gasteiger partial charge in [-0.25, -0.2) is 0 Å². The summed E-state index contributed by atoms with van der Waals surface area (Å²) in [6, 6.07) is 12.5. The topological polar surface area (TPSA) is 100 Å². The molecule has 6 heteroatoms. The lowest BCUT2D eigenvalue weighted by atomic mass is 9.87. The van der Waals surface area contributed by atoms with E-state index >= 15 is 0 Å². The fourth-order valence-corrected chi connectivity index (χ4v) is 3.53. The molecule has 0 saturated carbocycles. The Bertz CT molecular complexity index is 1070. The van der Waals surface area contributed by atoms with Gasteiger partial charge in [-0.05, 0) is 42.7 Å². The van der Waals surface area contributed by atoms with Crippen LogP contribution in [-0.2, 0) is 11.2 Å². The zero-order valence-corrected chi connectivity index (χ0v) is 15.5. The number of primary amides is 1. The van der Waals surface area contributed by atoms with E-state index in [1.165, 1.54) is 0 Å². The summed E-state index contributed by atoms with van der Waals surface area (Å²) in [5.41, 5.74) is 7.96. The SMILES string of the molecule is CCC(Cc1cccc(C#N)c1-c1cc(Cl)c2cccnc2c1O)C(N)=O. The first-order valence-corrected chi connectivity index (χ1v) is 8.93. The molecule has 0 aliphatic carbocycles. The second-order valence-corrected chi connectivity index (χ2v) is 6.72. The van der Waals surface area contributed by atoms with Crippen LogP contribution in [0.25, 0.3) is 22.0 Å². The van der Waals surface area contributed by atoms with Gasteiger partial charge in [-0.1, -0.05) is 30.7 Å². The third-order valence-corrected chi connectivity index (χ3v) is 5.03. The number of rotatable bonds is 5. The molecule has 2 aromatic carbocycles. The average molecular weight is 380 g/mol. The minimum absolute atomic E-state index is 0.0499. The second-order valence-electron chi connectivity index (χ2n) is 6.32. The number of nitriles is 1. The maximum atomic E-state index is 11.7. The van der Waals surface area contributed by atoms with Gasteiger partial charge in [0, 0.05) is 28.6 Å². The molecule has 3 rings (SSSR count). The lowest BCUT2D eigenvalue weighted by molar-refractivity contribution is -0.121. The van der Waals surface area contributed by atoms with Crippen LogP contribution in [0.3, 0.4) is 0 Å². The van der Waals surface area contributed by atoms with Gasteiger partial charge in [-0.2, -0.15) is 5.26 Å². The first kappa shape index (κ1) is 18.7. The van der Waals surface area contributed by atoms with Gasteiger partial charge in [-0.15, -0.1) is 0 Å². The van der Waals surface area contributed by atoms with Crippen LogP contribution >= 0.6 is 11.6 Å². The zero-order valence-electron chi connectivity index (χ0n) is 14.7. The summed E-state index contributed by atoms with van der Waals surface area (Å²) in [5, 5.41) is 21.5. The number of aromatic hydroxyl groups is 1. The molecule has 136 valence electrons. The summed E-state index contributed by atoms with van der Waals surface area (Å²) < 4.78 is 0. The van der Waals surface area contributed by atoms with E-state index in [2.05, 4.69) is 11.1 Å². The van der Waals surface area contributed by atoms with Crippen molar-refractivity contribution in [3.05, 3.63) is 58.7 Å². The van der Waals surface area contributed by atoms with Crippen LogP contribution in [0, 0.1) is 17.2 Å². The summed E-state index contributed by atoms with van der Waals surface area (Å²) in [7, 11) is 0. The minimum atomic E-state index is -0.395. The number of nitrogens with two attached hydrogens (primary N) is 1. The van der Waals surface area contributed by atoms with Crippen molar-refractivity contribution in [1.29, 1.82) is 5.26 Å². The summed E-state index contributed by atoms with van der Waals surface area (Å²) in [4.78, 5) is 15.9. The molecule has 0 saturated heterocycles. The predicted molar refractivity (Wildman–Crippen MR) is 105 cm³/mol. The maximum absolute atomic E-state index is 11.7. The fraction of sp³-hybridized carbons (Fsp3) is 0.190. The number of amides is 1. The quantitative estimate of drug-likeness (QED) is 0.694. The lowest BCUT2D eigenvalue weighted by Gasteiger charge is -2.17. The van der Waals surface area contributed by atoms with Crippen LogP contribution in [0.4, 0.5) is 0 Å². The number of halogens is 1. The van der Waals surface area contributed by atoms with Gasteiger partial charge in [-0.3, -0.25) is 9.78 Å². The number of carbonyl (C=O) groups is 1. The van der Waals surface area contributed by atoms with Crippen molar-refractivity contribution in [2.24, 2.45) is 11.7 Å². The summed E-state index contributed by atoms with van der Waals surface area (Å²) >= 11 is 6.41. The molecule has 0 spiro atoms. The first-order valence-electron chi connectivity index (χ1n) is 8.55. The molecule has 1 amide bonds. The molecule has 0 aliphatic heterocycles. The number of hydrogen-bond acceptors (Lipinski definition) is 4. The number of pyridine rings is 1. The number of nitrogens with zero attached hydrogens (tertiary/aromatic N) is 2. The minimum Gasteiger partial charge on any atom is -0.505 e. The van der Waals surface area contributed by atoms with E-state index in [0.29, 0.717) is 45.5 Å². The molecule has 0 radical (unpaired) electrons. The van der Waals surface area contributed by atoms with Crippen molar-refractivity contribution in [2.75, 3.05) is 0 Å². The molecule has 1 heterocycles. The molecular formula is C21H18ClN3O2. The highest BCUT2D eigenvalue weighted by atomic mass is 35.5. The Morgan fingerprint density at radius 3 is 2.81 bits per heavy atom. The lowest BCUT2D eigenvalue weighted by Crippen LogP contribution is -2.24. The Morgan fingerprint density at radius 2 is 2.15 bits per heavy atom. The van der Waals surface area contributed by atoms with E-state index in [4.69, 9.17) is 17.3 Å². The largest absolute Gasteiger partial charge is 0.505 e. The molecule has 27 heavy (non-hydrogen) atoms. The summed E-state index contributed by atoms with van der Waals surface area (Å²) in [5.74, 6) is -0.812. The highest BCUT2D eigenvalue weighted by molar-refractivity contribution is 6.36. The molecule has 1 unspecified atom stereocenters. The average Bonchev–Trinajstić information content (AvgIpc) is 2.68. The molecule has 1 atom stereocenters. The molecule has 1 aromatic heterocycles. The van der Waals surface area contributed by atoms with E-state index < -0.39 is 5.91 Å². The number of aromatic nitrogens is 1. The third-order valence-electron chi connectivity index (χ3n) is 4.72. The van der Waals surface area contributed by atoms with Gasteiger partial charge in [0.05, 0.1) is 16.7 Å². The Morgan fingerprint density at radius 1 is 1.37 bits per heavy atom. The van der Waals surface area contributed by atoms with E-state index in [1.807, 2.05) is 13.0 Å². The Hall–Kier alpha value is -3.10. The van der Waals surface area contributed by atoms with E-state index in [-0.39, 0.29) is 11.7 Å². The highest BCUT2D eigenvalue weighted by Gasteiger charge is 2.22. The molecule has 0 fully saturated rings. The molecule has 0 aliphatic rings. The van der Waals surface area contributed by atoms with Crippen molar-refractivity contribution in [3.63, 3.8) is 0 Å². The van der Waals surface area contributed by atoms with Crippen molar-refractivity contribution in [2.45, 2.75) is 19.8 Å². The Balaban J connectivity index is 2.28. The smallest absolute Gasteiger partial charge is 0.220 e. The van der Waals surface area contributed by atoms with Crippen LogP contribution in [-0.4, -0.2) is 16.0 Å². The normalized spacial score (nSPS) is 11.9. The van der Waals surface area contributed by atoms with Crippen LogP contribution in [0.2, 0.25) is 5.02 Å². The van der Waals surface area contributed by atoms with Crippen molar-refractivity contribution >= 4 is 28.4 Å². The zero-order chi connectivity index (χ0) is 19.6. The molecule has 3 N–H and O–H groups in total. The number of carbonyl (C=O) groups excluding carboxylic acids is 1. The number of phenols is 1. The summed E-state index contributed by atoms with van der Waals surface area (Å²) in [6.45, 7) is 1.89. The van der Waals surface area contributed by atoms with Crippen molar-refractivity contribution < 1.29 is 9.90 Å². The third kappa shape index (κ3) is 3.44. The molecule has 0 bridgehead atoms. The standard InChI is InChI=1S/C21H18ClN3O2/c1-2-12(21(24)27)9-13-5-3-6-14(11-23)18(13)16-10-17(22)15-7-4-8-25-19(15)20(16)26/h3-8,10,12,26H,2,9H2,1H3,(H2,24,27). The van der Waals surface area contributed by atoms with Gasteiger partial charge in [0.25, 0.3) is 0 Å². The highest BCUT2D eigenvalue weighted by Crippen LogP contribution is 2.42. The van der Waals surface area contributed by atoms with Gasteiger partial charge >= 0.3 is 0 Å². The molecule has 5 nitrogen and oxygen atoms in total. The summed E-state index contributed by atoms with van der Waals surface area (Å²) in [6.07, 6.45) is 2.52. The van der Waals surface area contributed by atoms with E-state index in [1.54, 1.807) is 36.5 Å². The first-order chi connectivity index (χ1) is 13.0. The van der Waals surface area contributed by atoms with Crippen LogP contribution in [0.5, 0.6) is 5.75 Å². The number of hydrogen-bond donors (Lipinski definition) is 2. The number of phenolic OH excluding ortho intramolecular Hbond substituents is 1. The number of fused-ring (bicyclic) bond motifs is 1. The van der Waals surface area contributed by atoms with Crippen LogP contribution < -0.4 is 5.73 Å². The predicted octanol–water partition coefficient (Wildman–Crippen LogP) is 4.19. The maximum Gasteiger partial charge on any atom is 0.220 e. The fourth-order valence-electron chi connectivity index (χ4n) is 3.27. The van der Waals surface area contributed by atoms with Gasteiger partial charge in [0.2, 0.25) is 5.91 Å². The molecular weight excluding hydrogens is 362 g/mol. The van der Waals surface area contributed by atoms with Crippen molar-refractivity contribution in [3.8, 4) is 22.9 Å². The molecule has 3 aromatic rings. The van der Waals surface area contributed by atoms with E-state index in [9.17, 15) is 15.2 Å². The van der Waals surface area contributed by atoms with Gasteiger partial charge in [0.1, 0.15) is 11.3 Å². The van der Waals surface area contributed by atoms with E-state index in [0.717, 1.165) is 5.56 Å². The van der Waals surface area contributed by atoms with Gasteiger partial charge < -0.3 is 10.8 Å². The monoisotopic (exact) mass is 379 g/mol. The van der Waals surface area contributed by atoms with Crippen molar-refractivity contribution in [1.82, 2.24) is 4.98 Å². The second kappa shape index (κ2) is 7.65. The van der Waals surface area contributed by atoms with Crippen LogP contribution in [0.1, 0.15) is 24.5 Å². The van der Waals surface area contributed by atoms with Gasteiger partial charge in [0.15, 0.2) is 0 Å². The van der Waals surface area contributed by atoms with Crippen LogP contribution in [0.15, 0.2) is 42.6 Å². The number of benzene rings is 2. The Kier molecular flexibility index (Phi) is 5.29. The Labute approximate surface area is 162 Å².